The summed E-state index contributed by atoms with van der Waals surface area (Å²) >= 11 is 0. The first-order chi connectivity index (χ1) is 11.6. The second kappa shape index (κ2) is 6.89. The summed E-state index contributed by atoms with van der Waals surface area (Å²) in [5, 5.41) is 13.7. The highest BCUT2D eigenvalue weighted by Gasteiger charge is 2.22. The normalized spacial score (nSPS) is 12.6. The Kier molecular flexibility index (Phi) is 4.67. The van der Waals surface area contributed by atoms with Crippen LogP contribution in [0.1, 0.15) is 19.4 Å². The lowest BCUT2D eigenvalue weighted by Gasteiger charge is -2.18. The van der Waals surface area contributed by atoms with Crippen LogP contribution in [-0.4, -0.2) is 22.1 Å². The molecule has 0 fully saturated rings. The molecule has 0 aliphatic carbocycles. The van der Waals surface area contributed by atoms with Gasteiger partial charge >= 0.3 is 5.97 Å². The molecule has 3 aromatic rings. The van der Waals surface area contributed by atoms with Crippen molar-refractivity contribution in [3.63, 3.8) is 0 Å². The van der Waals surface area contributed by atoms with Gasteiger partial charge in [0.15, 0.2) is 0 Å². The van der Waals surface area contributed by atoms with Gasteiger partial charge in [-0.05, 0) is 23.1 Å². The molecule has 1 aromatic heterocycles. The van der Waals surface area contributed by atoms with E-state index in [2.05, 4.69) is 28.5 Å². The van der Waals surface area contributed by atoms with Crippen molar-refractivity contribution in [1.29, 1.82) is 0 Å². The second-order valence-corrected chi connectivity index (χ2v) is 6.33. The average molecular weight is 322 g/mol. The van der Waals surface area contributed by atoms with Crippen molar-refractivity contribution in [2.75, 3.05) is 0 Å². The number of carboxylic acids is 1. The topological polar surface area (TPSA) is 65.1 Å². The highest BCUT2D eigenvalue weighted by Crippen LogP contribution is 2.30. The van der Waals surface area contributed by atoms with Crippen LogP contribution in [0, 0.1) is 5.92 Å². The van der Waals surface area contributed by atoms with E-state index in [0.29, 0.717) is 6.54 Å². The van der Waals surface area contributed by atoms with Gasteiger partial charge in [0.05, 0.1) is 5.69 Å². The van der Waals surface area contributed by atoms with Crippen LogP contribution in [0.25, 0.3) is 22.2 Å². The monoisotopic (exact) mass is 322 g/mol. The van der Waals surface area contributed by atoms with Crippen LogP contribution in [0.3, 0.4) is 0 Å². The van der Waals surface area contributed by atoms with Gasteiger partial charge in [0.2, 0.25) is 0 Å². The lowest BCUT2D eigenvalue weighted by atomic mass is 10.0. The minimum Gasteiger partial charge on any atom is -0.480 e. The second-order valence-electron chi connectivity index (χ2n) is 6.33. The number of fused-ring (bicyclic) bond motifs is 1. The molecular weight excluding hydrogens is 300 g/mol. The average Bonchev–Trinajstić information content (AvgIpc) is 2.94. The van der Waals surface area contributed by atoms with Gasteiger partial charge in [0.1, 0.15) is 6.04 Å². The number of H-pyrrole nitrogens is 1. The molecule has 24 heavy (non-hydrogen) atoms. The SMILES string of the molecule is CC(C)[C@H](NCc1c(-c2ccccc2)[nH]c2ccccc12)C(=O)O. The number of carbonyl (C=O) groups is 1. The summed E-state index contributed by atoms with van der Waals surface area (Å²) in [4.78, 5) is 14.9. The molecule has 3 rings (SSSR count). The maximum atomic E-state index is 11.4. The van der Waals surface area contributed by atoms with E-state index in [1.165, 1.54) is 0 Å². The largest absolute Gasteiger partial charge is 0.480 e. The molecule has 0 aliphatic rings. The minimum absolute atomic E-state index is 0.0212. The Bertz CT molecular complexity index is 837. The Hall–Kier alpha value is -2.59. The van der Waals surface area contributed by atoms with Crippen molar-refractivity contribution in [2.24, 2.45) is 5.92 Å². The summed E-state index contributed by atoms with van der Waals surface area (Å²) in [6.45, 7) is 4.33. The summed E-state index contributed by atoms with van der Waals surface area (Å²) in [7, 11) is 0. The van der Waals surface area contributed by atoms with Gasteiger partial charge in [-0.15, -0.1) is 0 Å². The third-order valence-corrected chi connectivity index (χ3v) is 4.31. The molecule has 2 aromatic carbocycles. The molecule has 0 radical (unpaired) electrons. The van der Waals surface area contributed by atoms with Crippen molar-refractivity contribution < 1.29 is 9.90 Å². The van der Waals surface area contributed by atoms with Crippen molar-refractivity contribution >= 4 is 16.9 Å². The fraction of sp³-hybridized carbons (Fsp3) is 0.250. The smallest absolute Gasteiger partial charge is 0.320 e. The van der Waals surface area contributed by atoms with Gasteiger partial charge in [0, 0.05) is 17.4 Å². The zero-order valence-corrected chi connectivity index (χ0v) is 13.9. The molecular formula is C20H22N2O2. The van der Waals surface area contributed by atoms with E-state index in [1.807, 2.05) is 50.2 Å². The molecule has 0 saturated heterocycles. The van der Waals surface area contributed by atoms with Crippen molar-refractivity contribution in [3.05, 3.63) is 60.2 Å². The van der Waals surface area contributed by atoms with Crippen LogP contribution in [-0.2, 0) is 11.3 Å². The van der Waals surface area contributed by atoms with E-state index >= 15 is 0 Å². The van der Waals surface area contributed by atoms with E-state index in [1.54, 1.807) is 0 Å². The maximum absolute atomic E-state index is 11.4. The van der Waals surface area contributed by atoms with Crippen molar-refractivity contribution in [1.82, 2.24) is 10.3 Å². The maximum Gasteiger partial charge on any atom is 0.320 e. The number of benzene rings is 2. The van der Waals surface area contributed by atoms with Gasteiger partial charge in [-0.2, -0.15) is 0 Å². The first kappa shape index (κ1) is 16.3. The quantitative estimate of drug-likeness (QED) is 0.642. The molecule has 124 valence electrons. The highest BCUT2D eigenvalue weighted by molar-refractivity contribution is 5.90. The fourth-order valence-corrected chi connectivity index (χ4v) is 3.06. The van der Waals surface area contributed by atoms with Crippen LogP contribution in [0.4, 0.5) is 0 Å². The molecule has 1 atom stereocenters. The number of hydrogen-bond donors (Lipinski definition) is 3. The molecule has 0 unspecified atom stereocenters. The van der Waals surface area contributed by atoms with E-state index in [-0.39, 0.29) is 5.92 Å². The van der Waals surface area contributed by atoms with E-state index in [0.717, 1.165) is 27.7 Å². The number of aliphatic carboxylic acids is 1. The molecule has 3 N–H and O–H groups in total. The van der Waals surface area contributed by atoms with Gasteiger partial charge in [-0.25, -0.2) is 0 Å². The number of rotatable bonds is 6. The Labute approximate surface area is 141 Å². The zero-order chi connectivity index (χ0) is 17.1. The van der Waals surface area contributed by atoms with Crippen LogP contribution < -0.4 is 5.32 Å². The lowest BCUT2D eigenvalue weighted by Crippen LogP contribution is -2.40. The standard InChI is InChI=1S/C20H22N2O2/c1-13(2)18(20(23)24)21-12-16-15-10-6-7-11-17(15)22-19(16)14-8-4-3-5-9-14/h3-11,13,18,21-22H,12H2,1-2H3,(H,23,24)/t18-/m0/s1. The highest BCUT2D eigenvalue weighted by atomic mass is 16.4. The Balaban J connectivity index is 2.01. The molecule has 4 nitrogen and oxygen atoms in total. The first-order valence-corrected chi connectivity index (χ1v) is 8.19. The minimum atomic E-state index is -0.814. The van der Waals surface area contributed by atoms with Gasteiger partial charge < -0.3 is 10.1 Å². The number of carboxylic acid groups (broad SMARTS) is 1. The Morgan fingerprint density at radius 2 is 1.75 bits per heavy atom. The summed E-state index contributed by atoms with van der Waals surface area (Å²) in [6, 6.07) is 17.7. The van der Waals surface area contributed by atoms with Crippen LogP contribution in [0.5, 0.6) is 0 Å². The molecule has 0 saturated carbocycles. The Morgan fingerprint density at radius 1 is 1.08 bits per heavy atom. The number of hydrogen-bond acceptors (Lipinski definition) is 2. The third-order valence-electron chi connectivity index (χ3n) is 4.31. The van der Waals surface area contributed by atoms with Crippen LogP contribution in [0.15, 0.2) is 54.6 Å². The van der Waals surface area contributed by atoms with E-state index in [9.17, 15) is 9.90 Å². The summed E-state index contributed by atoms with van der Waals surface area (Å²) in [5.41, 5.74) is 4.30. The van der Waals surface area contributed by atoms with Gasteiger partial charge in [0.25, 0.3) is 0 Å². The van der Waals surface area contributed by atoms with Crippen LogP contribution >= 0.6 is 0 Å². The van der Waals surface area contributed by atoms with Gasteiger partial charge in [-0.1, -0.05) is 62.4 Å². The third kappa shape index (κ3) is 3.19. The molecule has 0 bridgehead atoms. The Morgan fingerprint density at radius 3 is 2.42 bits per heavy atom. The number of aromatic amines is 1. The first-order valence-electron chi connectivity index (χ1n) is 8.19. The van der Waals surface area contributed by atoms with Crippen molar-refractivity contribution in [2.45, 2.75) is 26.4 Å². The molecule has 0 amide bonds. The number of aromatic nitrogens is 1. The van der Waals surface area contributed by atoms with E-state index in [4.69, 9.17) is 0 Å². The van der Waals surface area contributed by atoms with Crippen molar-refractivity contribution in [3.8, 4) is 11.3 Å². The van der Waals surface area contributed by atoms with Gasteiger partial charge in [-0.3, -0.25) is 10.1 Å². The fourth-order valence-electron chi connectivity index (χ4n) is 3.06. The summed E-state index contributed by atoms with van der Waals surface area (Å²) in [6.07, 6.45) is 0. The molecule has 0 aliphatic heterocycles. The molecule has 4 heteroatoms. The summed E-state index contributed by atoms with van der Waals surface area (Å²) in [5.74, 6) is -0.793. The summed E-state index contributed by atoms with van der Waals surface area (Å²) < 4.78 is 0. The predicted molar refractivity (Wildman–Crippen MR) is 96.8 cm³/mol. The molecule has 0 spiro atoms. The lowest BCUT2D eigenvalue weighted by molar-refractivity contribution is -0.140. The number of para-hydroxylation sites is 1. The van der Waals surface area contributed by atoms with E-state index < -0.39 is 12.0 Å². The molecule has 1 heterocycles. The zero-order valence-electron chi connectivity index (χ0n) is 13.9. The predicted octanol–water partition coefficient (Wildman–Crippen LogP) is 4.03. The van der Waals surface area contributed by atoms with Crippen LogP contribution in [0.2, 0.25) is 0 Å². The number of nitrogens with one attached hydrogen (secondary N) is 2.